The summed E-state index contributed by atoms with van der Waals surface area (Å²) < 4.78 is 0. The van der Waals surface area contributed by atoms with Gasteiger partial charge in [0.15, 0.2) is 0 Å². The molecule has 2 fully saturated rings. The Labute approximate surface area is 69.6 Å². The summed E-state index contributed by atoms with van der Waals surface area (Å²) in [5.74, 6) is 2.12. The normalized spacial score (nSPS) is 43.9. The summed E-state index contributed by atoms with van der Waals surface area (Å²) in [5.41, 5.74) is 0. The van der Waals surface area contributed by atoms with Gasteiger partial charge in [-0.2, -0.15) is 0 Å². The third-order valence-electron chi connectivity index (χ3n) is 3.70. The van der Waals surface area contributed by atoms with Gasteiger partial charge in [-0.1, -0.05) is 25.7 Å². The van der Waals surface area contributed by atoms with Crippen LogP contribution in [-0.2, 0) is 0 Å². The molecular weight excluding hydrogens is 134 g/mol. The average Bonchev–Trinajstić information content (AvgIpc) is 2.50. The van der Waals surface area contributed by atoms with Crippen molar-refractivity contribution >= 4 is 0 Å². The number of fused-ring (bicyclic) bond motifs is 1. The van der Waals surface area contributed by atoms with E-state index in [2.05, 4.69) is 12.4 Å². The highest BCUT2D eigenvalue weighted by molar-refractivity contribution is 4.89. The van der Waals surface area contributed by atoms with E-state index in [1.165, 1.54) is 38.5 Å². The molecule has 2 aliphatic rings. The minimum atomic E-state index is 0.858. The molecule has 0 saturated heterocycles. The van der Waals surface area contributed by atoms with Gasteiger partial charge in [0.1, 0.15) is 0 Å². The molecule has 0 aromatic rings. The van der Waals surface area contributed by atoms with Crippen LogP contribution in [0, 0.1) is 11.8 Å². The molecule has 11 heavy (non-hydrogen) atoms. The van der Waals surface area contributed by atoms with E-state index in [9.17, 15) is 0 Å². The van der Waals surface area contributed by atoms with Gasteiger partial charge >= 0.3 is 0 Å². The van der Waals surface area contributed by atoms with Gasteiger partial charge in [0.2, 0.25) is 0 Å². The minimum absolute atomic E-state index is 0.858. The lowest BCUT2D eigenvalue weighted by Gasteiger charge is -2.33. The molecule has 0 bridgehead atoms. The molecule has 0 spiro atoms. The molecule has 2 saturated carbocycles. The molecule has 2 aliphatic carbocycles. The molecule has 1 heteroatoms. The van der Waals surface area contributed by atoms with Gasteiger partial charge in [0.05, 0.1) is 0 Å². The lowest BCUT2D eigenvalue weighted by atomic mass is 9.78. The summed E-state index contributed by atoms with van der Waals surface area (Å²) in [5, 5.41) is 3.48. The molecule has 0 aliphatic heterocycles. The Bertz CT molecular complexity index is 133. The maximum Gasteiger partial charge on any atom is 0.00949 e. The van der Waals surface area contributed by atoms with E-state index in [1.807, 2.05) is 0 Å². The van der Waals surface area contributed by atoms with E-state index in [0.29, 0.717) is 0 Å². The molecule has 2 rings (SSSR count). The number of hydrogen-bond donors (Lipinski definition) is 1. The van der Waals surface area contributed by atoms with E-state index in [1.54, 1.807) is 0 Å². The molecule has 0 heterocycles. The van der Waals surface area contributed by atoms with Crippen LogP contribution in [0.5, 0.6) is 0 Å². The Morgan fingerprint density at radius 2 is 1.73 bits per heavy atom. The summed E-state index contributed by atoms with van der Waals surface area (Å²) in [6, 6.07) is 0.858. The molecule has 0 aromatic carbocycles. The van der Waals surface area contributed by atoms with Gasteiger partial charge in [0, 0.05) is 6.04 Å². The van der Waals surface area contributed by atoms with Crippen molar-refractivity contribution in [2.45, 2.75) is 44.6 Å². The van der Waals surface area contributed by atoms with Crippen LogP contribution in [0.4, 0.5) is 0 Å². The van der Waals surface area contributed by atoms with Crippen molar-refractivity contribution in [2.24, 2.45) is 11.8 Å². The first-order valence-corrected chi connectivity index (χ1v) is 5.09. The molecule has 1 N–H and O–H groups in total. The van der Waals surface area contributed by atoms with Crippen LogP contribution >= 0.6 is 0 Å². The summed E-state index contributed by atoms with van der Waals surface area (Å²) in [7, 11) is 2.13. The van der Waals surface area contributed by atoms with Gasteiger partial charge in [-0.3, -0.25) is 0 Å². The van der Waals surface area contributed by atoms with Crippen LogP contribution in [0.15, 0.2) is 0 Å². The van der Waals surface area contributed by atoms with Crippen LogP contribution in [0.3, 0.4) is 0 Å². The molecule has 3 atom stereocenters. The number of hydrogen-bond acceptors (Lipinski definition) is 1. The van der Waals surface area contributed by atoms with E-state index in [0.717, 1.165) is 17.9 Å². The Hall–Kier alpha value is -0.0400. The Morgan fingerprint density at radius 3 is 2.45 bits per heavy atom. The highest BCUT2D eigenvalue weighted by Gasteiger charge is 2.35. The number of rotatable bonds is 1. The lowest BCUT2D eigenvalue weighted by Crippen LogP contribution is -2.38. The fraction of sp³-hybridized carbons (Fsp3) is 1.00. The largest absolute Gasteiger partial charge is 0.317 e. The molecule has 3 unspecified atom stereocenters. The van der Waals surface area contributed by atoms with Crippen molar-refractivity contribution < 1.29 is 0 Å². The second kappa shape index (κ2) is 3.14. The molecule has 0 aromatic heterocycles. The predicted molar refractivity (Wildman–Crippen MR) is 47.5 cm³/mol. The van der Waals surface area contributed by atoms with Gasteiger partial charge in [-0.05, 0) is 31.7 Å². The smallest absolute Gasteiger partial charge is 0.00949 e. The predicted octanol–water partition coefficient (Wildman–Crippen LogP) is 2.17. The molecular formula is C10H19N. The fourth-order valence-electron chi connectivity index (χ4n) is 3.13. The zero-order chi connectivity index (χ0) is 7.68. The van der Waals surface area contributed by atoms with Crippen molar-refractivity contribution in [3.63, 3.8) is 0 Å². The maximum absolute atomic E-state index is 3.48. The first-order chi connectivity index (χ1) is 5.42. The van der Waals surface area contributed by atoms with Crippen LogP contribution < -0.4 is 5.32 Å². The Balaban J connectivity index is 2.00. The quantitative estimate of drug-likeness (QED) is 0.609. The van der Waals surface area contributed by atoms with E-state index in [-0.39, 0.29) is 0 Å². The highest BCUT2D eigenvalue weighted by Crippen LogP contribution is 2.41. The average molecular weight is 153 g/mol. The molecule has 64 valence electrons. The highest BCUT2D eigenvalue weighted by atomic mass is 14.9. The van der Waals surface area contributed by atoms with E-state index >= 15 is 0 Å². The minimum Gasteiger partial charge on any atom is -0.317 e. The maximum atomic E-state index is 3.48. The van der Waals surface area contributed by atoms with Gasteiger partial charge in [0.25, 0.3) is 0 Å². The van der Waals surface area contributed by atoms with Crippen LogP contribution in [-0.4, -0.2) is 13.1 Å². The molecule has 0 radical (unpaired) electrons. The van der Waals surface area contributed by atoms with Crippen molar-refractivity contribution in [2.75, 3.05) is 7.05 Å². The van der Waals surface area contributed by atoms with Crippen LogP contribution in [0.1, 0.15) is 38.5 Å². The van der Waals surface area contributed by atoms with Crippen molar-refractivity contribution in [1.82, 2.24) is 5.32 Å². The third kappa shape index (κ3) is 1.31. The molecule has 1 nitrogen and oxygen atoms in total. The Morgan fingerprint density at radius 1 is 1.00 bits per heavy atom. The van der Waals surface area contributed by atoms with Gasteiger partial charge < -0.3 is 5.32 Å². The van der Waals surface area contributed by atoms with E-state index in [4.69, 9.17) is 0 Å². The van der Waals surface area contributed by atoms with Gasteiger partial charge in [-0.15, -0.1) is 0 Å². The summed E-state index contributed by atoms with van der Waals surface area (Å²) >= 11 is 0. The second-order valence-corrected chi connectivity index (χ2v) is 4.18. The first kappa shape index (κ1) is 7.60. The Kier molecular flexibility index (Phi) is 2.17. The number of nitrogens with one attached hydrogen (secondary N) is 1. The third-order valence-corrected chi connectivity index (χ3v) is 3.70. The first-order valence-electron chi connectivity index (χ1n) is 5.09. The van der Waals surface area contributed by atoms with Crippen molar-refractivity contribution in [3.8, 4) is 0 Å². The topological polar surface area (TPSA) is 12.0 Å². The van der Waals surface area contributed by atoms with Crippen molar-refractivity contribution in [1.29, 1.82) is 0 Å². The lowest BCUT2D eigenvalue weighted by molar-refractivity contribution is 0.215. The van der Waals surface area contributed by atoms with Crippen molar-refractivity contribution in [3.05, 3.63) is 0 Å². The summed E-state index contributed by atoms with van der Waals surface area (Å²) in [4.78, 5) is 0. The SMILES string of the molecule is CNC1CCCC2CCCC21. The molecule has 0 amide bonds. The summed E-state index contributed by atoms with van der Waals surface area (Å²) in [6.07, 6.45) is 8.92. The zero-order valence-electron chi connectivity index (χ0n) is 7.47. The zero-order valence-corrected chi connectivity index (χ0v) is 7.47. The standard InChI is InChI=1S/C10H19N/c1-11-10-7-3-5-8-4-2-6-9(8)10/h8-11H,2-7H2,1H3. The monoisotopic (exact) mass is 153 g/mol. The van der Waals surface area contributed by atoms with Crippen LogP contribution in [0.25, 0.3) is 0 Å². The van der Waals surface area contributed by atoms with E-state index < -0.39 is 0 Å². The second-order valence-electron chi connectivity index (χ2n) is 4.18. The summed E-state index contributed by atoms with van der Waals surface area (Å²) in [6.45, 7) is 0. The van der Waals surface area contributed by atoms with Gasteiger partial charge in [-0.25, -0.2) is 0 Å². The fourth-order valence-corrected chi connectivity index (χ4v) is 3.13. The van der Waals surface area contributed by atoms with Crippen LogP contribution in [0.2, 0.25) is 0 Å².